The van der Waals surface area contributed by atoms with Gasteiger partial charge < -0.3 is 16.8 Å². The van der Waals surface area contributed by atoms with Gasteiger partial charge in [-0.05, 0) is 13.8 Å². The van der Waals surface area contributed by atoms with E-state index < -0.39 is 28.0 Å². The Bertz CT molecular complexity index is 403. The molecule has 112 valence electrons. The maximum Gasteiger partial charge on any atom is 1.00 e. The second-order valence-electron chi connectivity index (χ2n) is 3.51. The summed E-state index contributed by atoms with van der Waals surface area (Å²) in [6, 6.07) is 0. The first-order chi connectivity index (χ1) is 8.64. The third kappa shape index (κ3) is 19.9. The van der Waals surface area contributed by atoms with Gasteiger partial charge in [-0.1, -0.05) is 6.08 Å². The third-order valence-electron chi connectivity index (χ3n) is 1.60. The first-order valence-electron chi connectivity index (χ1n) is 5.40. The molecule has 0 heterocycles. The van der Waals surface area contributed by atoms with Gasteiger partial charge in [-0.3, -0.25) is 9.35 Å². The number of esters is 1. The fourth-order valence-corrected chi connectivity index (χ4v) is 1.01. The molecule has 0 aromatic rings. The van der Waals surface area contributed by atoms with Crippen molar-refractivity contribution in [3.05, 3.63) is 19.1 Å². The van der Waals surface area contributed by atoms with Crippen molar-refractivity contribution in [3.63, 3.8) is 0 Å². The minimum Gasteiger partial charge on any atom is -0.481 e. The van der Waals surface area contributed by atoms with E-state index in [4.69, 9.17) is 9.66 Å². The number of allylic oxidation sites excluding steroid dienone is 1. The van der Waals surface area contributed by atoms with Crippen molar-refractivity contribution in [2.45, 2.75) is 20.3 Å². The van der Waals surface area contributed by atoms with Crippen molar-refractivity contribution < 1.29 is 62.0 Å². The molecule has 0 saturated carbocycles. The Morgan fingerprint density at radius 1 is 1.40 bits per heavy atom. The van der Waals surface area contributed by atoms with Crippen LogP contribution in [0.25, 0.3) is 0 Å². The molecule has 0 spiro atoms. The van der Waals surface area contributed by atoms with Gasteiger partial charge in [-0.15, -0.1) is 0 Å². The molecule has 0 aliphatic carbocycles. The van der Waals surface area contributed by atoms with E-state index >= 15 is 0 Å². The summed E-state index contributed by atoms with van der Waals surface area (Å²) < 4.78 is 32.0. The molecule has 1 unspecified atom stereocenters. The summed E-state index contributed by atoms with van der Waals surface area (Å²) in [6.45, 7) is 6.31. The van der Waals surface area contributed by atoms with Crippen LogP contribution in [0.15, 0.2) is 12.2 Å². The molecular weight excluding hydrogens is 299 g/mol. The van der Waals surface area contributed by atoms with Crippen LogP contribution in [0.2, 0.25) is 0 Å². The minimum absolute atomic E-state index is 0. The Balaban J connectivity index is -0.000000312. The number of hydrogen-bond acceptors (Lipinski definition) is 5. The number of carbonyl (C=O) groups excluding carboxylic acids is 1. The van der Waals surface area contributed by atoms with Crippen LogP contribution in [0.4, 0.5) is 0 Å². The van der Waals surface area contributed by atoms with Crippen molar-refractivity contribution in [2.24, 2.45) is 5.92 Å². The fraction of sp³-hybridized carbons (Fsp3) is 0.545. The summed E-state index contributed by atoms with van der Waals surface area (Å²) >= 11 is 0. The number of hydrogen-bond donors (Lipinski definition) is 2. The number of aliphatic carboxylic acids is 1. The maximum atomic E-state index is 10.7. The molecule has 20 heavy (non-hydrogen) atoms. The summed E-state index contributed by atoms with van der Waals surface area (Å²) in [5.41, 5.74) is 0. The zero-order valence-corrected chi connectivity index (χ0v) is 14.7. The molecule has 0 aliphatic rings. The van der Waals surface area contributed by atoms with Gasteiger partial charge in [0.05, 0.1) is 5.92 Å². The Kier molecular flexibility index (Phi) is 16.7. The zero-order chi connectivity index (χ0) is 15.5. The van der Waals surface area contributed by atoms with E-state index in [2.05, 4.69) is 11.7 Å². The number of carbonyl (C=O) groups is 2. The summed E-state index contributed by atoms with van der Waals surface area (Å²) in [7, 11) is -3.74. The van der Waals surface area contributed by atoms with Crippen LogP contribution in [-0.4, -0.2) is 42.4 Å². The number of carboxylic acids is 1. The predicted octanol–water partition coefficient (Wildman–Crippen LogP) is -2.07. The first kappa shape index (κ1) is 24.6. The van der Waals surface area contributed by atoms with E-state index in [0.717, 1.165) is 0 Å². The zero-order valence-electron chi connectivity index (χ0n) is 11.9. The van der Waals surface area contributed by atoms with E-state index in [9.17, 15) is 18.0 Å². The van der Waals surface area contributed by atoms with Crippen LogP contribution in [0.5, 0.6) is 0 Å². The van der Waals surface area contributed by atoms with Crippen LogP contribution < -0.4 is 29.6 Å². The van der Waals surface area contributed by atoms with Gasteiger partial charge in [0.1, 0.15) is 6.61 Å². The molecule has 2 N–H and O–H groups in total. The molecule has 9 heteroatoms. The van der Waals surface area contributed by atoms with Gasteiger partial charge in [0.15, 0.2) is 0 Å². The van der Waals surface area contributed by atoms with E-state index in [-0.39, 0.29) is 48.3 Å². The molecule has 7 nitrogen and oxygen atoms in total. The van der Waals surface area contributed by atoms with Gasteiger partial charge >= 0.3 is 41.5 Å². The van der Waals surface area contributed by atoms with Crippen LogP contribution >= 0.6 is 0 Å². The van der Waals surface area contributed by atoms with Crippen molar-refractivity contribution >= 4 is 22.1 Å². The van der Waals surface area contributed by atoms with Gasteiger partial charge in [0.2, 0.25) is 0 Å². The summed E-state index contributed by atoms with van der Waals surface area (Å²) in [4.78, 5) is 20.9. The van der Waals surface area contributed by atoms with E-state index in [0.29, 0.717) is 0 Å². The van der Waals surface area contributed by atoms with Crippen molar-refractivity contribution in [2.75, 3.05) is 12.4 Å². The molecule has 0 fully saturated rings. The fourth-order valence-electron chi connectivity index (χ4n) is 0.645. The average molecular weight is 318 g/mol. The molecule has 0 aromatic carbocycles. The van der Waals surface area contributed by atoms with Crippen LogP contribution in [0.3, 0.4) is 0 Å². The van der Waals surface area contributed by atoms with Crippen molar-refractivity contribution in [3.8, 4) is 0 Å². The molecule has 0 bridgehead atoms. The van der Waals surface area contributed by atoms with E-state index in [1.54, 1.807) is 6.92 Å². The smallest absolute Gasteiger partial charge is 0.481 e. The second kappa shape index (κ2) is 13.6. The monoisotopic (exact) mass is 318 g/mol. The predicted molar refractivity (Wildman–Crippen MR) is 69.0 cm³/mol. The molecule has 0 rings (SSSR count). The topological polar surface area (TPSA) is 118 Å². The molecule has 0 saturated heterocycles. The van der Waals surface area contributed by atoms with Crippen molar-refractivity contribution in [1.82, 2.24) is 0 Å². The molecule has 0 aliphatic heterocycles. The Morgan fingerprint density at radius 3 is 2.15 bits per heavy atom. The average Bonchev–Trinajstić information content (AvgIpc) is 2.25. The summed E-state index contributed by atoms with van der Waals surface area (Å²) in [5.74, 6) is -2.37. The van der Waals surface area contributed by atoms with E-state index in [1.165, 1.54) is 19.1 Å². The van der Waals surface area contributed by atoms with Crippen LogP contribution in [-0.2, 0) is 24.4 Å². The van der Waals surface area contributed by atoms with E-state index in [1.807, 2.05) is 0 Å². The van der Waals surface area contributed by atoms with Crippen LogP contribution in [0.1, 0.15) is 20.3 Å². The molecule has 0 aromatic heterocycles. The van der Waals surface area contributed by atoms with Gasteiger partial charge in [0.25, 0.3) is 10.1 Å². The van der Waals surface area contributed by atoms with Crippen LogP contribution in [0, 0.1) is 12.8 Å². The Hall–Kier alpha value is -0.410. The normalized spacial score (nSPS) is 11.8. The number of ether oxygens (including phenoxy) is 1. The third-order valence-corrected chi connectivity index (χ3v) is 2.41. The quantitative estimate of drug-likeness (QED) is 0.190. The molecular formula is C11H19NaO7S. The van der Waals surface area contributed by atoms with Gasteiger partial charge in [-0.25, -0.2) is 4.79 Å². The Labute approximate surface area is 141 Å². The molecule has 1 atom stereocenters. The summed E-state index contributed by atoms with van der Waals surface area (Å²) in [5, 5.41) is 8.42. The first-order valence-corrected chi connectivity index (χ1v) is 7.01. The molecule has 0 radical (unpaired) electrons. The van der Waals surface area contributed by atoms with Crippen molar-refractivity contribution in [1.29, 1.82) is 0 Å². The number of carboxylic acid groups (broad SMARTS) is 1. The Morgan fingerprint density at radius 2 is 1.90 bits per heavy atom. The maximum absolute atomic E-state index is 10.7. The standard InChI is InChI=1S/C8H12O4.C3H7O3S.Na/c1-3-4-7(9)12-5-6(2)8(10)11;1-2-3-7(4,5)6;/h3-4,6H,5H2,1-2H3,(H,10,11);1-3H2,(H,4,5,6);/q;-1;+1. The summed E-state index contributed by atoms with van der Waals surface area (Å²) in [6.07, 6.45) is 3.00. The number of rotatable bonds is 6. The SMILES string of the molecule is CC=CC(=O)OCC(C)C(=O)O.[CH2-]CCS(=O)(=O)O.[Na+]. The van der Waals surface area contributed by atoms with Gasteiger partial charge in [-0.2, -0.15) is 14.8 Å². The largest absolute Gasteiger partial charge is 1.00 e. The second-order valence-corrected chi connectivity index (χ2v) is 5.08. The molecule has 0 amide bonds. The minimum atomic E-state index is -3.74. The van der Waals surface area contributed by atoms with Gasteiger partial charge in [0, 0.05) is 11.8 Å².